The number of halogens is 2. The maximum absolute atomic E-state index is 6.30. The lowest BCUT2D eigenvalue weighted by atomic mass is 10.1. The Morgan fingerprint density at radius 3 is 2.72 bits per heavy atom. The van der Waals surface area contributed by atoms with Crippen molar-refractivity contribution in [2.45, 2.75) is 39.7 Å². The Hall–Kier alpha value is -1.68. The minimum absolute atomic E-state index is 0. The highest BCUT2D eigenvalue weighted by Crippen LogP contribution is 2.38. The zero-order valence-corrected chi connectivity index (χ0v) is 20.0. The molecule has 1 aromatic carbocycles. The summed E-state index contributed by atoms with van der Waals surface area (Å²) in [5, 5.41) is 11.2. The Morgan fingerprint density at radius 1 is 1.21 bits per heavy atom. The summed E-state index contributed by atoms with van der Waals surface area (Å²) in [4.78, 5) is 4.57. The number of nitrogens with zero attached hydrogens (tertiary/aromatic N) is 2. The molecule has 0 aliphatic carbocycles. The van der Waals surface area contributed by atoms with Gasteiger partial charge in [-0.2, -0.15) is 0 Å². The molecule has 0 fully saturated rings. The summed E-state index contributed by atoms with van der Waals surface area (Å²) >= 11 is 6.30. The van der Waals surface area contributed by atoms with Crippen LogP contribution in [0.2, 0.25) is 5.02 Å². The topological polar surface area (TPSA) is 80.9 Å². The van der Waals surface area contributed by atoms with Crippen LogP contribution in [0.15, 0.2) is 27.7 Å². The van der Waals surface area contributed by atoms with Gasteiger partial charge in [0.15, 0.2) is 23.2 Å². The molecule has 9 heteroatoms. The monoisotopic (exact) mass is 534 g/mol. The van der Waals surface area contributed by atoms with Crippen LogP contribution in [0.1, 0.15) is 43.7 Å². The standard InChI is InChI=1S/C20H27ClN4O3.HI/c1-4-22-20(24-12-15-11-17(13(2)3)25-28-15)23-6-5-14-9-16(21)19-18(10-14)26-7-8-27-19;/h9-11,13H,4-8,12H2,1-3H3,(H2,22,23,24);1H. The Labute approximate surface area is 193 Å². The lowest BCUT2D eigenvalue weighted by Gasteiger charge is -2.20. The number of fused-ring (bicyclic) bond motifs is 1. The first kappa shape index (κ1) is 23.6. The van der Waals surface area contributed by atoms with E-state index in [2.05, 4.69) is 34.6 Å². The van der Waals surface area contributed by atoms with Crippen LogP contribution in [0.5, 0.6) is 11.5 Å². The van der Waals surface area contributed by atoms with Gasteiger partial charge in [-0.3, -0.25) is 0 Å². The zero-order chi connectivity index (χ0) is 19.9. The predicted octanol–water partition coefficient (Wildman–Crippen LogP) is 4.14. The van der Waals surface area contributed by atoms with Gasteiger partial charge in [0.2, 0.25) is 0 Å². The second kappa shape index (κ2) is 11.5. The first-order valence-corrected chi connectivity index (χ1v) is 10.00. The van der Waals surface area contributed by atoms with E-state index in [1.165, 1.54) is 0 Å². The van der Waals surface area contributed by atoms with Gasteiger partial charge in [0.05, 0.1) is 10.7 Å². The minimum Gasteiger partial charge on any atom is -0.486 e. The molecule has 2 aromatic rings. The number of nitrogens with one attached hydrogen (secondary N) is 2. The second-order valence-electron chi connectivity index (χ2n) is 6.85. The molecule has 0 saturated carbocycles. The molecule has 29 heavy (non-hydrogen) atoms. The van der Waals surface area contributed by atoms with Crippen molar-refractivity contribution in [3.8, 4) is 11.5 Å². The van der Waals surface area contributed by atoms with E-state index in [9.17, 15) is 0 Å². The summed E-state index contributed by atoms with van der Waals surface area (Å²) in [7, 11) is 0. The largest absolute Gasteiger partial charge is 0.486 e. The second-order valence-corrected chi connectivity index (χ2v) is 7.25. The van der Waals surface area contributed by atoms with E-state index in [1.54, 1.807) is 0 Å². The van der Waals surface area contributed by atoms with Crippen molar-refractivity contribution < 1.29 is 14.0 Å². The van der Waals surface area contributed by atoms with E-state index < -0.39 is 0 Å². The molecule has 2 heterocycles. The SMILES string of the molecule is CCNC(=NCc1cc(C(C)C)no1)NCCc1cc(Cl)c2c(c1)OCCO2.I. The molecule has 0 unspecified atom stereocenters. The molecule has 0 atom stereocenters. The third-order valence-electron chi connectivity index (χ3n) is 4.27. The van der Waals surface area contributed by atoms with Gasteiger partial charge in [0, 0.05) is 19.2 Å². The van der Waals surface area contributed by atoms with Gasteiger partial charge >= 0.3 is 0 Å². The number of ether oxygens (including phenoxy) is 2. The van der Waals surface area contributed by atoms with E-state index in [1.807, 2.05) is 25.1 Å². The molecule has 1 aliphatic rings. The lowest BCUT2D eigenvalue weighted by Crippen LogP contribution is -2.38. The molecule has 0 spiro atoms. The molecule has 2 N–H and O–H groups in total. The maximum atomic E-state index is 6.30. The molecule has 160 valence electrons. The third-order valence-corrected chi connectivity index (χ3v) is 4.55. The third kappa shape index (κ3) is 6.67. The number of hydrogen-bond acceptors (Lipinski definition) is 5. The van der Waals surface area contributed by atoms with Gasteiger partial charge in [-0.05, 0) is 37.0 Å². The van der Waals surface area contributed by atoms with Crippen molar-refractivity contribution in [1.29, 1.82) is 0 Å². The number of aliphatic imine (C=N–C) groups is 1. The van der Waals surface area contributed by atoms with Crippen molar-refractivity contribution in [3.05, 3.63) is 40.2 Å². The summed E-state index contributed by atoms with van der Waals surface area (Å²) in [6.45, 7) is 9.18. The van der Waals surface area contributed by atoms with Crippen molar-refractivity contribution in [2.24, 2.45) is 4.99 Å². The fraction of sp³-hybridized carbons (Fsp3) is 0.500. The average Bonchev–Trinajstić information content (AvgIpc) is 3.16. The van der Waals surface area contributed by atoms with E-state index in [4.69, 9.17) is 25.6 Å². The molecule has 3 rings (SSSR count). The van der Waals surface area contributed by atoms with Crippen LogP contribution in [-0.2, 0) is 13.0 Å². The van der Waals surface area contributed by atoms with E-state index in [0.29, 0.717) is 48.7 Å². The smallest absolute Gasteiger partial charge is 0.191 e. The number of benzene rings is 1. The minimum atomic E-state index is 0. The highest BCUT2D eigenvalue weighted by atomic mass is 127. The highest BCUT2D eigenvalue weighted by Gasteiger charge is 2.16. The molecule has 0 bridgehead atoms. The van der Waals surface area contributed by atoms with Crippen LogP contribution in [0.3, 0.4) is 0 Å². The molecular formula is C20H28ClIN4O3. The van der Waals surface area contributed by atoms with Crippen LogP contribution >= 0.6 is 35.6 Å². The molecule has 1 aliphatic heterocycles. The molecule has 7 nitrogen and oxygen atoms in total. The van der Waals surface area contributed by atoms with Crippen molar-refractivity contribution in [1.82, 2.24) is 15.8 Å². The van der Waals surface area contributed by atoms with Crippen molar-refractivity contribution in [3.63, 3.8) is 0 Å². The molecular weight excluding hydrogens is 507 g/mol. The Kier molecular flexibility index (Phi) is 9.35. The summed E-state index contributed by atoms with van der Waals surface area (Å²) in [5.41, 5.74) is 2.02. The number of hydrogen-bond donors (Lipinski definition) is 2. The molecule has 0 radical (unpaired) electrons. The van der Waals surface area contributed by atoms with Crippen LogP contribution in [-0.4, -0.2) is 37.4 Å². The Bertz CT molecular complexity index is 826. The first-order chi connectivity index (χ1) is 13.6. The van der Waals surface area contributed by atoms with Gasteiger partial charge < -0.3 is 24.6 Å². The predicted molar refractivity (Wildman–Crippen MR) is 125 cm³/mol. The molecule has 0 amide bonds. The number of aromatic nitrogens is 1. The van der Waals surface area contributed by atoms with E-state index in [0.717, 1.165) is 35.9 Å². The molecule has 0 saturated heterocycles. The molecule has 1 aromatic heterocycles. The van der Waals surface area contributed by atoms with E-state index >= 15 is 0 Å². The summed E-state index contributed by atoms with van der Waals surface area (Å²) < 4.78 is 16.5. The quantitative estimate of drug-likeness (QED) is 0.316. The van der Waals surface area contributed by atoms with Crippen LogP contribution < -0.4 is 20.1 Å². The maximum Gasteiger partial charge on any atom is 0.191 e. The number of guanidine groups is 1. The van der Waals surface area contributed by atoms with Crippen LogP contribution in [0.4, 0.5) is 0 Å². The van der Waals surface area contributed by atoms with Gasteiger partial charge in [-0.15, -0.1) is 24.0 Å². The van der Waals surface area contributed by atoms with Gasteiger partial charge in [-0.25, -0.2) is 4.99 Å². The average molecular weight is 535 g/mol. The summed E-state index contributed by atoms with van der Waals surface area (Å²) in [6.07, 6.45) is 0.778. The Balaban J connectivity index is 0.00000300. The summed E-state index contributed by atoms with van der Waals surface area (Å²) in [5.74, 6) is 3.16. The fourth-order valence-corrected chi connectivity index (χ4v) is 3.10. The lowest BCUT2D eigenvalue weighted by molar-refractivity contribution is 0.171. The van der Waals surface area contributed by atoms with Crippen LogP contribution in [0.25, 0.3) is 0 Å². The van der Waals surface area contributed by atoms with Gasteiger partial charge in [0.1, 0.15) is 19.8 Å². The fourth-order valence-electron chi connectivity index (χ4n) is 2.81. The van der Waals surface area contributed by atoms with E-state index in [-0.39, 0.29) is 24.0 Å². The van der Waals surface area contributed by atoms with Crippen molar-refractivity contribution in [2.75, 3.05) is 26.3 Å². The highest BCUT2D eigenvalue weighted by molar-refractivity contribution is 14.0. The van der Waals surface area contributed by atoms with Gasteiger partial charge in [0.25, 0.3) is 0 Å². The van der Waals surface area contributed by atoms with Crippen molar-refractivity contribution >= 4 is 41.5 Å². The zero-order valence-electron chi connectivity index (χ0n) is 17.0. The van der Waals surface area contributed by atoms with Crippen LogP contribution in [0, 0.1) is 0 Å². The first-order valence-electron chi connectivity index (χ1n) is 9.62. The normalized spacial score (nSPS) is 13.2. The number of rotatable bonds is 7. The summed E-state index contributed by atoms with van der Waals surface area (Å²) in [6, 6.07) is 5.85. The Morgan fingerprint density at radius 2 is 2.00 bits per heavy atom. The van der Waals surface area contributed by atoms with Gasteiger partial charge in [-0.1, -0.05) is 30.6 Å².